The summed E-state index contributed by atoms with van der Waals surface area (Å²) < 4.78 is 0. The van der Waals surface area contributed by atoms with Crippen LogP contribution in [0.4, 0.5) is 0 Å². The lowest BCUT2D eigenvalue weighted by atomic mass is 9.88. The lowest BCUT2D eigenvalue weighted by Gasteiger charge is -2.23. The Hall–Kier alpha value is -1.35. The SMILES string of the molecule is O=C1c2cc(C3CCNCC3)ccc2CN1C1CC1. The number of rotatable bonds is 2. The molecule has 100 valence electrons. The van der Waals surface area contributed by atoms with Gasteiger partial charge < -0.3 is 10.2 Å². The van der Waals surface area contributed by atoms with Crippen molar-refractivity contribution >= 4 is 5.91 Å². The molecule has 2 fully saturated rings. The van der Waals surface area contributed by atoms with Crippen molar-refractivity contribution in [2.45, 2.75) is 44.2 Å². The molecule has 0 aromatic heterocycles. The molecule has 2 heterocycles. The summed E-state index contributed by atoms with van der Waals surface area (Å²) >= 11 is 0. The maximum absolute atomic E-state index is 12.4. The van der Waals surface area contributed by atoms with E-state index in [-0.39, 0.29) is 5.91 Å². The van der Waals surface area contributed by atoms with Crippen molar-refractivity contribution in [3.05, 3.63) is 34.9 Å². The number of benzene rings is 1. The van der Waals surface area contributed by atoms with Crippen LogP contribution >= 0.6 is 0 Å². The van der Waals surface area contributed by atoms with Crippen LogP contribution in [-0.4, -0.2) is 29.9 Å². The lowest BCUT2D eigenvalue weighted by Crippen LogP contribution is -2.27. The Morgan fingerprint density at radius 3 is 2.63 bits per heavy atom. The topological polar surface area (TPSA) is 32.3 Å². The highest BCUT2D eigenvalue weighted by Crippen LogP contribution is 2.36. The van der Waals surface area contributed by atoms with Crippen molar-refractivity contribution in [1.29, 1.82) is 0 Å². The highest BCUT2D eigenvalue weighted by Gasteiger charge is 2.38. The maximum atomic E-state index is 12.4. The molecule has 0 atom stereocenters. The first-order valence-corrected chi connectivity index (χ1v) is 7.47. The van der Waals surface area contributed by atoms with Gasteiger partial charge in [0.1, 0.15) is 0 Å². The van der Waals surface area contributed by atoms with Crippen molar-refractivity contribution in [3.63, 3.8) is 0 Å². The van der Waals surface area contributed by atoms with Crippen molar-refractivity contribution in [1.82, 2.24) is 10.2 Å². The van der Waals surface area contributed by atoms with E-state index in [1.807, 2.05) is 0 Å². The third-order valence-electron chi connectivity index (χ3n) is 4.76. The van der Waals surface area contributed by atoms with Crippen LogP contribution in [0.5, 0.6) is 0 Å². The molecule has 1 saturated carbocycles. The van der Waals surface area contributed by atoms with E-state index >= 15 is 0 Å². The van der Waals surface area contributed by atoms with Gasteiger partial charge in [-0.25, -0.2) is 0 Å². The Morgan fingerprint density at radius 2 is 1.89 bits per heavy atom. The van der Waals surface area contributed by atoms with Crippen LogP contribution < -0.4 is 5.32 Å². The molecule has 1 N–H and O–H groups in total. The van der Waals surface area contributed by atoms with E-state index in [1.54, 1.807) is 0 Å². The summed E-state index contributed by atoms with van der Waals surface area (Å²) in [6, 6.07) is 7.14. The number of carbonyl (C=O) groups is 1. The van der Waals surface area contributed by atoms with E-state index < -0.39 is 0 Å². The number of piperidine rings is 1. The second-order valence-electron chi connectivity index (χ2n) is 6.11. The Kier molecular flexibility index (Phi) is 2.62. The number of fused-ring (bicyclic) bond motifs is 1. The van der Waals surface area contributed by atoms with E-state index in [0.29, 0.717) is 12.0 Å². The van der Waals surface area contributed by atoms with E-state index in [4.69, 9.17) is 0 Å². The number of nitrogens with zero attached hydrogens (tertiary/aromatic N) is 1. The number of amides is 1. The second-order valence-corrected chi connectivity index (χ2v) is 6.11. The molecule has 0 bridgehead atoms. The Labute approximate surface area is 114 Å². The van der Waals surface area contributed by atoms with Crippen LogP contribution in [0.1, 0.15) is 53.1 Å². The molecule has 3 heteroatoms. The van der Waals surface area contributed by atoms with Crippen LogP contribution in [0.25, 0.3) is 0 Å². The minimum absolute atomic E-state index is 0.272. The predicted molar refractivity (Wildman–Crippen MR) is 74.2 cm³/mol. The highest BCUT2D eigenvalue weighted by atomic mass is 16.2. The molecule has 19 heavy (non-hydrogen) atoms. The van der Waals surface area contributed by atoms with Gasteiger partial charge in [0.15, 0.2) is 0 Å². The third kappa shape index (κ3) is 1.96. The van der Waals surface area contributed by atoms with Crippen molar-refractivity contribution in [2.75, 3.05) is 13.1 Å². The quantitative estimate of drug-likeness (QED) is 0.880. The van der Waals surface area contributed by atoms with Crippen molar-refractivity contribution in [3.8, 4) is 0 Å². The zero-order valence-corrected chi connectivity index (χ0v) is 11.2. The third-order valence-corrected chi connectivity index (χ3v) is 4.76. The molecular weight excluding hydrogens is 236 g/mol. The fourth-order valence-electron chi connectivity index (χ4n) is 3.43. The van der Waals surface area contributed by atoms with Gasteiger partial charge in [0.25, 0.3) is 5.91 Å². The molecule has 0 radical (unpaired) electrons. The van der Waals surface area contributed by atoms with Crippen LogP contribution in [0, 0.1) is 0 Å². The van der Waals surface area contributed by atoms with Crippen LogP contribution in [0.15, 0.2) is 18.2 Å². The van der Waals surface area contributed by atoms with Gasteiger partial charge >= 0.3 is 0 Å². The number of hydrogen-bond donors (Lipinski definition) is 1. The fourth-order valence-corrected chi connectivity index (χ4v) is 3.43. The first-order chi connectivity index (χ1) is 9.33. The van der Waals surface area contributed by atoms with Gasteiger partial charge in [-0.15, -0.1) is 0 Å². The van der Waals surface area contributed by atoms with Crippen molar-refractivity contribution in [2.24, 2.45) is 0 Å². The van der Waals surface area contributed by atoms with Crippen molar-refractivity contribution < 1.29 is 4.79 Å². The van der Waals surface area contributed by atoms with Gasteiger partial charge in [-0.05, 0) is 61.9 Å². The molecule has 1 aromatic rings. The molecule has 2 aliphatic heterocycles. The molecule has 0 unspecified atom stereocenters. The predicted octanol–water partition coefficient (Wildman–Crippen LogP) is 2.27. The standard InChI is InChI=1S/C16H20N2O/c19-16-15-9-12(11-5-7-17-8-6-11)1-2-13(15)10-18(16)14-3-4-14/h1-2,9,11,14,17H,3-8,10H2. The molecule has 3 aliphatic rings. The molecule has 3 nitrogen and oxygen atoms in total. The van der Waals surface area contributed by atoms with Gasteiger partial charge in [0.05, 0.1) is 0 Å². The molecule has 1 saturated heterocycles. The summed E-state index contributed by atoms with van der Waals surface area (Å²) in [5, 5.41) is 3.40. The van der Waals surface area contributed by atoms with E-state index in [1.165, 1.54) is 36.8 Å². The largest absolute Gasteiger partial charge is 0.331 e. The van der Waals surface area contributed by atoms with Crippen LogP contribution in [-0.2, 0) is 6.54 Å². The normalized spacial score (nSPS) is 23.8. The fraction of sp³-hybridized carbons (Fsp3) is 0.562. The summed E-state index contributed by atoms with van der Waals surface area (Å²) in [6.07, 6.45) is 4.78. The summed E-state index contributed by atoms with van der Waals surface area (Å²) in [5.74, 6) is 0.905. The number of hydrogen-bond acceptors (Lipinski definition) is 2. The monoisotopic (exact) mass is 256 g/mol. The molecule has 0 spiro atoms. The summed E-state index contributed by atoms with van der Waals surface area (Å²) in [5.41, 5.74) is 3.57. The Morgan fingerprint density at radius 1 is 1.11 bits per heavy atom. The maximum Gasteiger partial charge on any atom is 0.254 e. The molecular formula is C16H20N2O. The Bertz CT molecular complexity index is 515. The minimum atomic E-state index is 0.272. The zero-order chi connectivity index (χ0) is 12.8. The van der Waals surface area contributed by atoms with Gasteiger partial charge in [0, 0.05) is 18.2 Å². The molecule has 1 amide bonds. The van der Waals surface area contributed by atoms with E-state index in [0.717, 1.165) is 25.2 Å². The minimum Gasteiger partial charge on any atom is -0.331 e. The summed E-state index contributed by atoms with van der Waals surface area (Å²) in [7, 11) is 0. The zero-order valence-electron chi connectivity index (χ0n) is 11.2. The molecule has 4 rings (SSSR count). The van der Waals surface area contributed by atoms with Gasteiger partial charge in [0.2, 0.25) is 0 Å². The van der Waals surface area contributed by atoms with Gasteiger partial charge in [-0.3, -0.25) is 4.79 Å². The highest BCUT2D eigenvalue weighted by molar-refractivity contribution is 5.98. The van der Waals surface area contributed by atoms with E-state index in [2.05, 4.69) is 28.4 Å². The second kappa shape index (κ2) is 4.34. The smallest absolute Gasteiger partial charge is 0.254 e. The van der Waals surface area contributed by atoms with Crippen LogP contribution in [0.2, 0.25) is 0 Å². The van der Waals surface area contributed by atoms with Gasteiger partial charge in [-0.2, -0.15) is 0 Å². The lowest BCUT2D eigenvalue weighted by molar-refractivity contribution is 0.0766. The number of nitrogens with one attached hydrogen (secondary N) is 1. The first-order valence-electron chi connectivity index (χ1n) is 7.47. The number of carbonyl (C=O) groups excluding carboxylic acids is 1. The van der Waals surface area contributed by atoms with E-state index in [9.17, 15) is 4.79 Å². The summed E-state index contributed by atoms with van der Waals surface area (Å²) in [4.78, 5) is 14.5. The average Bonchev–Trinajstić information content (AvgIpc) is 3.25. The Balaban J connectivity index is 1.62. The molecule has 1 aromatic carbocycles. The molecule has 1 aliphatic carbocycles. The first kappa shape index (κ1) is 11.5. The van der Waals surface area contributed by atoms with Crippen LogP contribution in [0.3, 0.4) is 0 Å². The summed E-state index contributed by atoms with van der Waals surface area (Å²) in [6.45, 7) is 3.04. The van der Waals surface area contributed by atoms with Gasteiger partial charge in [-0.1, -0.05) is 12.1 Å². The average molecular weight is 256 g/mol.